The lowest BCUT2D eigenvalue weighted by atomic mass is 9.94. The summed E-state index contributed by atoms with van der Waals surface area (Å²) in [5.41, 5.74) is 3.29. The summed E-state index contributed by atoms with van der Waals surface area (Å²) < 4.78 is 39.4. The van der Waals surface area contributed by atoms with E-state index in [4.69, 9.17) is 5.73 Å². The third-order valence-corrected chi connectivity index (χ3v) is 3.04. The number of primary amides is 1. The molecule has 0 aromatic heterocycles. The van der Waals surface area contributed by atoms with Crippen molar-refractivity contribution >= 4 is 17.7 Å². The third kappa shape index (κ3) is 3.60. The number of nitrogens with one attached hydrogen (secondary N) is 1. The maximum Gasteiger partial charge on any atom is 0.417 e. The van der Waals surface area contributed by atoms with Gasteiger partial charge in [0.05, 0.1) is 11.1 Å². The quantitative estimate of drug-likeness (QED) is 0.806. The number of aromatic carboxylic acids is 1. The number of hydrogen-bond acceptors (Lipinski definition) is 2. The Morgan fingerprint density at radius 2 is 1.70 bits per heavy atom. The molecule has 2 aromatic rings. The van der Waals surface area contributed by atoms with E-state index in [0.717, 1.165) is 18.2 Å². The van der Waals surface area contributed by atoms with Crippen molar-refractivity contribution in [1.29, 1.82) is 0 Å². The molecule has 0 saturated heterocycles. The summed E-state index contributed by atoms with van der Waals surface area (Å²) in [6.07, 6.45) is -4.65. The van der Waals surface area contributed by atoms with E-state index >= 15 is 0 Å². The van der Waals surface area contributed by atoms with E-state index in [9.17, 15) is 27.9 Å². The van der Waals surface area contributed by atoms with Gasteiger partial charge in [0.15, 0.2) is 0 Å². The summed E-state index contributed by atoms with van der Waals surface area (Å²) in [5.74, 6) is -1.39. The largest absolute Gasteiger partial charge is 0.478 e. The van der Waals surface area contributed by atoms with Crippen LogP contribution in [0, 0.1) is 0 Å². The Kier molecular flexibility index (Phi) is 4.26. The summed E-state index contributed by atoms with van der Waals surface area (Å²) in [7, 11) is 0. The first-order chi connectivity index (χ1) is 10.7. The molecule has 0 radical (unpaired) electrons. The van der Waals surface area contributed by atoms with Crippen LogP contribution in [0.4, 0.5) is 23.7 Å². The SMILES string of the molecule is NC(=O)Nc1ccc(C(=O)O)c(-c2ccccc2C(F)(F)F)c1. The second-order valence-electron chi connectivity index (χ2n) is 4.60. The Morgan fingerprint density at radius 3 is 2.26 bits per heavy atom. The monoisotopic (exact) mass is 324 g/mol. The molecular weight excluding hydrogens is 313 g/mol. The highest BCUT2D eigenvalue weighted by molar-refractivity contribution is 5.98. The Balaban J connectivity index is 2.71. The van der Waals surface area contributed by atoms with Gasteiger partial charge in [-0.15, -0.1) is 0 Å². The molecule has 0 spiro atoms. The number of rotatable bonds is 3. The number of carbonyl (C=O) groups is 2. The first-order valence-corrected chi connectivity index (χ1v) is 6.30. The fourth-order valence-electron chi connectivity index (χ4n) is 2.14. The first kappa shape index (κ1) is 16.3. The van der Waals surface area contributed by atoms with Gasteiger partial charge in [0.1, 0.15) is 0 Å². The Hall–Kier alpha value is -3.03. The van der Waals surface area contributed by atoms with Crippen molar-refractivity contribution in [2.75, 3.05) is 5.32 Å². The fraction of sp³-hybridized carbons (Fsp3) is 0.0667. The molecule has 0 atom stereocenters. The van der Waals surface area contributed by atoms with Crippen molar-refractivity contribution in [3.63, 3.8) is 0 Å². The predicted molar refractivity (Wildman–Crippen MR) is 77.0 cm³/mol. The highest BCUT2D eigenvalue weighted by Gasteiger charge is 2.34. The van der Waals surface area contributed by atoms with Crippen LogP contribution in [-0.4, -0.2) is 17.1 Å². The normalized spacial score (nSPS) is 11.1. The Labute approximate surface area is 128 Å². The van der Waals surface area contributed by atoms with Crippen molar-refractivity contribution in [2.45, 2.75) is 6.18 Å². The number of alkyl halides is 3. The van der Waals surface area contributed by atoms with E-state index in [1.165, 1.54) is 24.3 Å². The van der Waals surface area contributed by atoms with Crippen molar-refractivity contribution in [1.82, 2.24) is 0 Å². The molecule has 2 amide bonds. The third-order valence-electron chi connectivity index (χ3n) is 3.04. The number of benzene rings is 2. The molecule has 5 nitrogen and oxygen atoms in total. The molecule has 0 aliphatic rings. The van der Waals surface area contributed by atoms with Crippen LogP contribution >= 0.6 is 0 Å². The molecule has 0 bridgehead atoms. The van der Waals surface area contributed by atoms with Gasteiger partial charge in [0.2, 0.25) is 0 Å². The van der Waals surface area contributed by atoms with Gasteiger partial charge in [-0.05, 0) is 35.4 Å². The van der Waals surface area contributed by atoms with Crippen LogP contribution in [0.1, 0.15) is 15.9 Å². The standard InChI is InChI=1S/C15H11F3N2O3/c16-15(17,18)12-4-2-1-3-9(12)11-7-8(20-14(19)23)5-6-10(11)13(21)22/h1-7H,(H,21,22)(H3,19,20,23). The Morgan fingerprint density at radius 1 is 1.04 bits per heavy atom. The van der Waals surface area contributed by atoms with Crippen LogP contribution < -0.4 is 11.1 Å². The molecule has 2 aromatic carbocycles. The van der Waals surface area contributed by atoms with Crippen molar-refractivity contribution in [2.24, 2.45) is 5.73 Å². The van der Waals surface area contributed by atoms with Gasteiger partial charge in [-0.2, -0.15) is 13.2 Å². The first-order valence-electron chi connectivity index (χ1n) is 6.30. The molecular formula is C15H11F3N2O3. The topological polar surface area (TPSA) is 92.4 Å². The zero-order chi connectivity index (χ0) is 17.2. The lowest BCUT2D eigenvalue weighted by Crippen LogP contribution is -2.19. The van der Waals surface area contributed by atoms with Crippen LogP contribution in [0.5, 0.6) is 0 Å². The average Bonchev–Trinajstić information content (AvgIpc) is 2.45. The van der Waals surface area contributed by atoms with E-state index in [1.54, 1.807) is 0 Å². The zero-order valence-corrected chi connectivity index (χ0v) is 11.5. The molecule has 0 aliphatic carbocycles. The summed E-state index contributed by atoms with van der Waals surface area (Å²) in [6, 6.07) is 7.17. The lowest BCUT2D eigenvalue weighted by molar-refractivity contribution is -0.137. The van der Waals surface area contributed by atoms with Gasteiger partial charge in [0.25, 0.3) is 0 Å². The summed E-state index contributed by atoms with van der Waals surface area (Å²) in [4.78, 5) is 22.2. The van der Waals surface area contributed by atoms with Crippen LogP contribution in [-0.2, 0) is 6.18 Å². The molecule has 8 heteroatoms. The van der Waals surface area contributed by atoms with E-state index in [2.05, 4.69) is 5.32 Å². The molecule has 0 aliphatic heterocycles. The van der Waals surface area contributed by atoms with E-state index < -0.39 is 23.7 Å². The smallest absolute Gasteiger partial charge is 0.417 e. The number of carboxylic acid groups (broad SMARTS) is 1. The number of carbonyl (C=O) groups excluding carboxylic acids is 1. The van der Waals surface area contributed by atoms with Gasteiger partial charge in [-0.25, -0.2) is 9.59 Å². The van der Waals surface area contributed by atoms with Crippen molar-refractivity contribution < 1.29 is 27.9 Å². The number of carboxylic acids is 1. The number of anilines is 1. The van der Waals surface area contributed by atoms with Gasteiger partial charge in [-0.1, -0.05) is 18.2 Å². The molecule has 4 N–H and O–H groups in total. The van der Waals surface area contributed by atoms with Gasteiger partial charge < -0.3 is 16.2 Å². The van der Waals surface area contributed by atoms with Gasteiger partial charge in [-0.3, -0.25) is 0 Å². The second-order valence-corrected chi connectivity index (χ2v) is 4.60. The summed E-state index contributed by atoms with van der Waals surface area (Å²) in [5, 5.41) is 11.4. The minimum Gasteiger partial charge on any atom is -0.478 e. The minimum absolute atomic E-state index is 0.0921. The number of nitrogens with two attached hydrogens (primary N) is 1. The molecule has 0 unspecified atom stereocenters. The van der Waals surface area contributed by atoms with Gasteiger partial charge >= 0.3 is 18.2 Å². The molecule has 2 rings (SSSR count). The van der Waals surface area contributed by atoms with Crippen molar-refractivity contribution in [3.8, 4) is 11.1 Å². The maximum absolute atomic E-state index is 13.1. The maximum atomic E-state index is 13.1. The van der Waals surface area contributed by atoms with Gasteiger partial charge in [0, 0.05) is 5.69 Å². The van der Waals surface area contributed by atoms with Crippen molar-refractivity contribution in [3.05, 3.63) is 53.6 Å². The zero-order valence-electron chi connectivity index (χ0n) is 11.5. The predicted octanol–water partition coefficient (Wildman–Crippen LogP) is 3.56. The molecule has 0 saturated carbocycles. The number of urea groups is 1. The lowest BCUT2D eigenvalue weighted by Gasteiger charge is -2.15. The minimum atomic E-state index is -4.65. The molecule has 0 fully saturated rings. The highest BCUT2D eigenvalue weighted by Crippen LogP contribution is 2.38. The molecule has 23 heavy (non-hydrogen) atoms. The molecule has 120 valence electrons. The van der Waals surface area contributed by atoms with E-state index in [1.807, 2.05) is 0 Å². The summed E-state index contributed by atoms with van der Waals surface area (Å²) in [6.45, 7) is 0. The second kappa shape index (κ2) is 5.99. The fourth-order valence-corrected chi connectivity index (χ4v) is 2.14. The average molecular weight is 324 g/mol. The van der Waals surface area contributed by atoms with Crippen LogP contribution in [0.3, 0.4) is 0 Å². The number of hydrogen-bond donors (Lipinski definition) is 3. The van der Waals surface area contributed by atoms with Crippen LogP contribution in [0.25, 0.3) is 11.1 Å². The van der Waals surface area contributed by atoms with Crippen LogP contribution in [0.15, 0.2) is 42.5 Å². The number of halogens is 3. The number of amides is 2. The highest BCUT2D eigenvalue weighted by atomic mass is 19.4. The summed E-state index contributed by atoms with van der Waals surface area (Å²) >= 11 is 0. The van der Waals surface area contributed by atoms with E-state index in [-0.39, 0.29) is 22.4 Å². The van der Waals surface area contributed by atoms with Crippen LogP contribution in [0.2, 0.25) is 0 Å². The Bertz CT molecular complexity index is 773. The van der Waals surface area contributed by atoms with E-state index in [0.29, 0.717) is 0 Å². The molecule has 0 heterocycles.